The van der Waals surface area contributed by atoms with Crippen molar-refractivity contribution in [2.45, 2.75) is 69.9 Å². The highest BCUT2D eigenvalue weighted by molar-refractivity contribution is 7.10. The molecule has 1 aliphatic heterocycles. The highest BCUT2D eigenvalue weighted by Gasteiger charge is 2.56. The summed E-state index contributed by atoms with van der Waals surface area (Å²) in [5.74, 6) is -0.0225. The van der Waals surface area contributed by atoms with Crippen molar-refractivity contribution in [3.05, 3.63) is 21.9 Å². The monoisotopic (exact) mass is 389 g/mol. The van der Waals surface area contributed by atoms with Crippen molar-refractivity contribution in [2.24, 2.45) is 5.92 Å². The maximum atomic E-state index is 13.3. The molecule has 0 aromatic carbocycles. The number of nitrogens with zero attached hydrogens (tertiary/aromatic N) is 1. The van der Waals surface area contributed by atoms with E-state index in [0.717, 1.165) is 41.0 Å². The molecule has 2 aliphatic carbocycles. The van der Waals surface area contributed by atoms with Crippen LogP contribution in [0.1, 0.15) is 62.3 Å². The lowest BCUT2D eigenvalue weighted by molar-refractivity contribution is -0.138. The van der Waals surface area contributed by atoms with Gasteiger partial charge in [0.25, 0.3) is 5.91 Å². The minimum absolute atomic E-state index is 0.248. The van der Waals surface area contributed by atoms with Gasteiger partial charge in [0.15, 0.2) is 0 Å². The average Bonchev–Trinajstić information content (AvgIpc) is 3.25. The normalized spacial score (nSPS) is 26.8. The van der Waals surface area contributed by atoms with Crippen LogP contribution in [0.25, 0.3) is 0 Å². The second-order valence-electron chi connectivity index (χ2n) is 8.05. The van der Waals surface area contributed by atoms with Crippen LogP contribution in [-0.4, -0.2) is 35.3 Å². The van der Waals surface area contributed by atoms with E-state index >= 15 is 0 Å². The number of thiophene rings is 1. The number of hydrogen-bond donors (Lipinski definition) is 2. The van der Waals surface area contributed by atoms with Crippen LogP contribution in [0.3, 0.4) is 0 Å². The van der Waals surface area contributed by atoms with Crippen molar-refractivity contribution in [1.29, 1.82) is 0 Å². The van der Waals surface area contributed by atoms with Crippen molar-refractivity contribution < 1.29 is 14.4 Å². The zero-order valence-electron chi connectivity index (χ0n) is 15.8. The van der Waals surface area contributed by atoms with Crippen LogP contribution >= 0.6 is 11.3 Å². The smallest absolute Gasteiger partial charge is 0.326 e. The summed E-state index contributed by atoms with van der Waals surface area (Å²) in [5.41, 5.74) is -0.0721. The third kappa shape index (κ3) is 3.16. The Kier molecular flexibility index (Phi) is 4.97. The second-order valence-corrected chi connectivity index (χ2v) is 9.05. The third-order valence-corrected chi connectivity index (χ3v) is 7.32. The second kappa shape index (κ2) is 7.26. The van der Waals surface area contributed by atoms with E-state index in [-0.39, 0.29) is 11.8 Å². The Morgan fingerprint density at radius 3 is 2.89 bits per heavy atom. The molecule has 2 atom stereocenters. The zero-order valence-corrected chi connectivity index (χ0v) is 16.6. The van der Waals surface area contributed by atoms with E-state index in [1.165, 1.54) is 19.3 Å². The number of carbonyl (C=O) groups excluding carboxylic acids is 3. The highest BCUT2D eigenvalue weighted by atomic mass is 32.1. The molecule has 1 aromatic heterocycles. The van der Waals surface area contributed by atoms with E-state index in [1.807, 2.05) is 11.4 Å². The first-order valence-electron chi connectivity index (χ1n) is 10.0. The molecule has 0 radical (unpaired) electrons. The predicted octanol–water partition coefficient (Wildman–Crippen LogP) is 2.92. The molecule has 6 nitrogen and oxygen atoms in total. The molecule has 1 spiro atoms. The van der Waals surface area contributed by atoms with Gasteiger partial charge < -0.3 is 10.6 Å². The molecule has 0 bridgehead atoms. The third-order valence-electron chi connectivity index (χ3n) is 6.34. The van der Waals surface area contributed by atoms with Gasteiger partial charge in [-0.25, -0.2) is 9.69 Å². The highest BCUT2D eigenvalue weighted by Crippen LogP contribution is 2.42. The number of hydrogen-bond acceptors (Lipinski definition) is 4. The van der Waals surface area contributed by atoms with E-state index < -0.39 is 17.6 Å². The number of rotatable bonds is 4. The molecule has 0 unspecified atom stereocenters. The molecule has 4 rings (SSSR count). The molecule has 27 heavy (non-hydrogen) atoms. The van der Waals surface area contributed by atoms with Crippen LogP contribution in [0, 0.1) is 5.92 Å². The van der Waals surface area contributed by atoms with E-state index in [0.29, 0.717) is 18.9 Å². The first-order valence-corrected chi connectivity index (χ1v) is 10.9. The summed E-state index contributed by atoms with van der Waals surface area (Å²) in [6, 6.07) is 0.679. The topological polar surface area (TPSA) is 78.5 Å². The van der Waals surface area contributed by atoms with Gasteiger partial charge in [0, 0.05) is 17.0 Å². The number of fused-ring (bicyclic) bond motifs is 2. The summed E-state index contributed by atoms with van der Waals surface area (Å²) in [5, 5.41) is 7.85. The van der Waals surface area contributed by atoms with Crippen molar-refractivity contribution in [3.63, 3.8) is 0 Å². The molecule has 4 amide bonds. The molecule has 1 saturated heterocycles. The molecular formula is C20H27N3O3S. The van der Waals surface area contributed by atoms with E-state index in [4.69, 9.17) is 0 Å². The molecule has 7 heteroatoms. The Balaban J connectivity index is 1.47. The quantitative estimate of drug-likeness (QED) is 0.777. The van der Waals surface area contributed by atoms with Gasteiger partial charge in [0.2, 0.25) is 5.91 Å². The van der Waals surface area contributed by atoms with Crippen LogP contribution in [-0.2, 0) is 21.5 Å². The number of carbonyl (C=O) groups is 3. The van der Waals surface area contributed by atoms with E-state index in [1.54, 1.807) is 18.3 Å². The Bertz CT molecular complexity index is 755. The number of nitrogens with one attached hydrogen (secondary N) is 2. The molecular weight excluding hydrogens is 362 g/mol. The first-order chi connectivity index (χ1) is 13.0. The lowest BCUT2D eigenvalue weighted by Gasteiger charge is -2.31. The standard InChI is InChI=1S/C20H27N3O3S/c1-13(17(24)21-12-14-6-3-2-4-7-14)23-18(25)20(22-19(23)26)10-5-8-16-15(20)9-11-27-16/h9,11,13-14H,2-8,10,12H2,1H3,(H,21,24)(H,22,26)/t13-,20+/m1/s1. The molecule has 2 N–H and O–H groups in total. The van der Waals surface area contributed by atoms with E-state index in [2.05, 4.69) is 10.6 Å². The minimum Gasteiger partial charge on any atom is -0.354 e. The predicted molar refractivity (Wildman–Crippen MR) is 103 cm³/mol. The van der Waals surface area contributed by atoms with Gasteiger partial charge in [-0.1, -0.05) is 19.3 Å². The number of amides is 4. The Hall–Kier alpha value is -1.89. The summed E-state index contributed by atoms with van der Waals surface area (Å²) < 4.78 is 0. The summed E-state index contributed by atoms with van der Waals surface area (Å²) in [4.78, 5) is 40.9. The summed E-state index contributed by atoms with van der Waals surface area (Å²) >= 11 is 1.63. The van der Waals surface area contributed by atoms with Crippen LogP contribution in [0.5, 0.6) is 0 Å². The lowest BCUT2D eigenvalue weighted by Crippen LogP contribution is -2.50. The summed E-state index contributed by atoms with van der Waals surface area (Å²) in [6.45, 7) is 2.27. The van der Waals surface area contributed by atoms with E-state index in [9.17, 15) is 14.4 Å². The minimum atomic E-state index is -0.984. The van der Waals surface area contributed by atoms with Crippen molar-refractivity contribution in [3.8, 4) is 0 Å². The Labute approximate surface area is 163 Å². The molecule has 3 aliphatic rings. The number of imide groups is 1. The fraction of sp³-hybridized carbons (Fsp3) is 0.650. The fourth-order valence-electron chi connectivity index (χ4n) is 4.76. The fourth-order valence-corrected chi connectivity index (χ4v) is 5.76. The molecule has 146 valence electrons. The van der Waals surface area contributed by atoms with Gasteiger partial charge in [0.05, 0.1) is 0 Å². The van der Waals surface area contributed by atoms with Gasteiger partial charge in [-0.3, -0.25) is 9.59 Å². The Morgan fingerprint density at radius 2 is 2.11 bits per heavy atom. The van der Waals surface area contributed by atoms with Gasteiger partial charge in [-0.2, -0.15) is 0 Å². The van der Waals surface area contributed by atoms with Crippen molar-refractivity contribution in [2.75, 3.05) is 6.54 Å². The van der Waals surface area contributed by atoms with Crippen LogP contribution in [0.4, 0.5) is 4.79 Å². The summed E-state index contributed by atoms with van der Waals surface area (Å²) in [7, 11) is 0. The van der Waals surface area contributed by atoms with Crippen LogP contribution < -0.4 is 10.6 Å². The maximum absolute atomic E-state index is 13.3. The Morgan fingerprint density at radius 1 is 1.33 bits per heavy atom. The molecule has 2 heterocycles. The summed E-state index contributed by atoms with van der Waals surface area (Å²) in [6.07, 6.45) is 8.38. The van der Waals surface area contributed by atoms with Gasteiger partial charge >= 0.3 is 6.03 Å². The van der Waals surface area contributed by atoms with Crippen molar-refractivity contribution >= 4 is 29.2 Å². The molecule has 1 aromatic rings. The zero-order chi connectivity index (χ0) is 19.0. The van der Waals surface area contributed by atoms with Gasteiger partial charge in [-0.15, -0.1) is 11.3 Å². The van der Waals surface area contributed by atoms with Crippen LogP contribution in [0.2, 0.25) is 0 Å². The number of aryl methyl sites for hydroxylation is 1. The largest absolute Gasteiger partial charge is 0.354 e. The first kappa shape index (κ1) is 18.5. The molecule has 2 fully saturated rings. The SMILES string of the molecule is C[C@H](C(=O)NCC1CCCCC1)N1C(=O)N[C@]2(CCCc3sccc32)C1=O. The van der Waals surface area contributed by atoms with Crippen LogP contribution in [0.15, 0.2) is 11.4 Å². The average molecular weight is 390 g/mol. The van der Waals surface area contributed by atoms with Gasteiger partial charge in [-0.05, 0) is 56.4 Å². The van der Waals surface area contributed by atoms with Gasteiger partial charge in [0.1, 0.15) is 11.6 Å². The maximum Gasteiger partial charge on any atom is 0.326 e. The van der Waals surface area contributed by atoms with Crippen molar-refractivity contribution in [1.82, 2.24) is 15.5 Å². The lowest BCUT2D eigenvalue weighted by atomic mass is 9.80. The number of urea groups is 1. The molecule has 1 saturated carbocycles.